The Hall–Kier alpha value is -0.650. The van der Waals surface area contributed by atoms with Gasteiger partial charge in [-0.1, -0.05) is 0 Å². The molecule has 0 fully saturated rings. The predicted octanol–water partition coefficient (Wildman–Crippen LogP) is 0.278. The van der Waals surface area contributed by atoms with Crippen molar-refractivity contribution in [3.8, 4) is 0 Å². The van der Waals surface area contributed by atoms with E-state index < -0.39 is 0 Å². The summed E-state index contributed by atoms with van der Waals surface area (Å²) in [5.41, 5.74) is 5.71. The molecule has 0 aromatic carbocycles. The number of aliphatic hydroxyl groups excluding tert-OH is 1. The second-order valence-electron chi connectivity index (χ2n) is 2.63. The van der Waals surface area contributed by atoms with Crippen LogP contribution >= 0.6 is 11.8 Å². The van der Waals surface area contributed by atoms with E-state index >= 15 is 0 Å². The molecule has 1 atom stereocenters. The van der Waals surface area contributed by atoms with E-state index in [1.807, 2.05) is 6.07 Å². The van der Waals surface area contributed by atoms with Crippen molar-refractivity contribution in [2.75, 3.05) is 12.4 Å². The summed E-state index contributed by atoms with van der Waals surface area (Å²) in [4.78, 5) is 7.86. The maximum absolute atomic E-state index is 8.62. The molecule has 0 radical (unpaired) electrons. The number of nitrogens with zero attached hydrogens (tertiary/aromatic N) is 2. The molecule has 0 aliphatic rings. The molecule has 1 aromatic rings. The van der Waals surface area contributed by atoms with Crippen molar-refractivity contribution in [3.05, 3.63) is 18.6 Å². The molecule has 1 aromatic heterocycles. The first-order valence-corrected chi connectivity index (χ1v) is 5.06. The van der Waals surface area contributed by atoms with Crippen molar-refractivity contribution in [1.29, 1.82) is 0 Å². The van der Waals surface area contributed by atoms with Gasteiger partial charge in [0.05, 0.1) is 5.03 Å². The van der Waals surface area contributed by atoms with Crippen LogP contribution in [0.15, 0.2) is 23.6 Å². The number of aliphatic hydroxyl groups is 1. The Morgan fingerprint density at radius 1 is 1.62 bits per heavy atom. The zero-order chi connectivity index (χ0) is 9.52. The fourth-order valence-corrected chi connectivity index (χ4v) is 1.64. The van der Waals surface area contributed by atoms with E-state index in [0.717, 1.165) is 10.8 Å². The smallest absolute Gasteiger partial charge is 0.116 e. The van der Waals surface area contributed by atoms with Gasteiger partial charge in [0.15, 0.2) is 0 Å². The van der Waals surface area contributed by atoms with Crippen LogP contribution in [0.5, 0.6) is 0 Å². The standard InChI is InChI=1S/C8H13N3OS/c9-7(2-4-12)5-13-8-1-3-10-6-11-8/h1,3,6-7,12H,2,4-5,9H2. The summed E-state index contributed by atoms with van der Waals surface area (Å²) in [6.07, 6.45) is 3.85. The third kappa shape index (κ3) is 4.21. The highest BCUT2D eigenvalue weighted by Crippen LogP contribution is 2.14. The molecular formula is C8H13N3OS. The van der Waals surface area contributed by atoms with Crippen molar-refractivity contribution in [3.63, 3.8) is 0 Å². The molecule has 0 aliphatic heterocycles. The third-order valence-corrected chi connectivity index (χ3v) is 2.63. The lowest BCUT2D eigenvalue weighted by Crippen LogP contribution is -2.23. The Kier molecular flexibility index (Phi) is 4.74. The molecule has 0 amide bonds. The average molecular weight is 199 g/mol. The first kappa shape index (κ1) is 10.4. The van der Waals surface area contributed by atoms with Gasteiger partial charge in [0.1, 0.15) is 6.33 Å². The minimum atomic E-state index is 0.0324. The molecule has 5 heteroatoms. The zero-order valence-electron chi connectivity index (χ0n) is 7.26. The summed E-state index contributed by atoms with van der Waals surface area (Å²) < 4.78 is 0. The predicted molar refractivity (Wildman–Crippen MR) is 52.4 cm³/mol. The molecule has 72 valence electrons. The van der Waals surface area contributed by atoms with Crippen LogP contribution < -0.4 is 5.73 Å². The lowest BCUT2D eigenvalue weighted by molar-refractivity contribution is 0.279. The monoisotopic (exact) mass is 199 g/mol. The molecular weight excluding hydrogens is 186 g/mol. The second-order valence-corrected chi connectivity index (χ2v) is 3.67. The van der Waals surface area contributed by atoms with E-state index in [-0.39, 0.29) is 12.6 Å². The van der Waals surface area contributed by atoms with Crippen LogP contribution in [0.25, 0.3) is 0 Å². The fourth-order valence-electron chi connectivity index (χ4n) is 0.806. The fraction of sp³-hybridized carbons (Fsp3) is 0.500. The van der Waals surface area contributed by atoms with Crippen LogP contribution in [0.1, 0.15) is 6.42 Å². The Morgan fingerprint density at radius 2 is 2.46 bits per heavy atom. The molecule has 0 aliphatic carbocycles. The molecule has 1 heterocycles. The number of aromatic nitrogens is 2. The summed E-state index contributed by atoms with van der Waals surface area (Å²) >= 11 is 1.58. The maximum Gasteiger partial charge on any atom is 0.116 e. The van der Waals surface area contributed by atoms with Crippen LogP contribution in [0, 0.1) is 0 Å². The topological polar surface area (TPSA) is 72.0 Å². The number of hydrogen-bond donors (Lipinski definition) is 2. The Bertz CT molecular complexity index is 232. The van der Waals surface area contributed by atoms with E-state index in [2.05, 4.69) is 9.97 Å². The highest BCUT2D eigenvalue weighted by Gasteiger charge is 2.02. The van der Waals surface area contributed by atoms with Crippen molar-refractivity contribution < 1.29 is 5.11 Å². The van der Waals surface area contributed by atoms with E-state index in [0.29, 0.717) is 6.42 Å². The van der Waals surface area contributed by atoms with Crippen LogP contribution in [-0.4, -0.2) is 33.5 Å². The molecule has 3 N–H and O–H groups in total. The highest BCUT2D eigenvalue weighted by atomic mass is 32.2. The summed E-state index contributed by atoms with van der Waals surface area (Å²) in [5, 5.41) is 9.54. The molecule has 0 saturated carbocycles. The Labute approximate surface area is 81.6 Å². The van der Waals surface area contributed by atoms with E-state index in [1.54, 1.807) is 18.0 Å². The quantitative estimate of drug-likeness (QED) is 0.526. The van der Waals surface area contributed by atoms with Gasteiger partial charge >= 0.3 is 0 Å². The van der Waals surface area contributed by atoms with Crippen molar-refractivity contribution in [1.82, 2.24) is 9.97 Å². The van der Waals surface area contributed by atoms with Gasteiger partial charge in [-0.2, -0.15) is 0 Å². The van der Waals surface area contributed by atoms with Crippen molar-refractivity contribution in [2.45, 2.75) is 17.5 Å². The molecule has 0 bridgehead atoms. The molecule has 4 nitrogen and oxygen atoms in total. The Morgan fingerprint density at radius 3 is 3.08 bits per heavy atom. The normalized spacial score (nSPS) is 12.8. The van der Waals surface area contributed by atoms with Gasteiger partial charge in [0.25, 0.3) is 0 Å². The number of nitrogens with two attached hydrogens (primary N) is 1. The molecule has 1 unspecified atom stereocenters. The van der Waals surface area contributed by atoms with Crippen molar-refractivity contribution >= 4 is 11.8 Å². The second kappa shape index (κ2) is 5.90. The van der Waals surface area contributed by atoms with Gasteiger partial charge in [0.2, 0.25) is 0 Å². The van der Waals surface area contributed by atoms with E-state index in [9.17, 15) is 0 Å². The van der Waals surface area contributed by atoms with Gasteiger partial charge in [0, 0.05) is 24.6 Å². The summed E-state index contributed by atoms with van der Waals surface area (Å²) in [6.45, 7) is 0.144. The lowest BCUT2D eigenvalue weighted by atomic mass is 10.3. The first-order chi connectivity index (χ1) is 6.33. The zero-order valence-corrected chi connectivity index (χ0v) is 8.07. The van der Waals surface area contributed by atoms with Gasteiger partial charge in [-0.25, -0.2) is 9.97 Å². The largest absolute Gasteiger partial charge is 0.396 e. The van der Waals surface area contributed by atoms with Crippen LogP contribution in [0.2, 0.25) is 0 Å². The summed E-state index contributed by atoms with van der Waals surface area (Å²) in [5.74, 6) is 0.775. The van der Waals surface area contributed by atoms with Crippen LogP contribution in [0.3, 0.4) is 0 Å². The van der Waals surface area contributed by atoms with E-state index in [4.69, 9.17) is 10.8 Å². The van der Waals surface area contributed by atoms with Crippen LogP contribution in [0.4, 0.5) is 0 Å². The molecule has 13 heavy (non-hydrogen) atoms. The number of rotatable bonds is 5. The highest BCUT2D eigenvalue weighted by molar-refractivity contribution is 7.99. The SMILES string of the molecule is NC(CCO)CSc1ccncn1. The van der Waals surface area contributed by atoms with Gasteiger partial charge < -0.3 is 10.8 Å². The number of hydrogen-bond acceptors (Lipinski definition) is 5. The third-order valence-electron chi connectivity index (χ3n) is 1.50. The Balaban J connectivity index is 2.27. The van der Waals surface area contributed by atoms with Gasteiger partial charge in [-0.3, -0.25) is 0 Å². The van der Waals surface area contributed by atoms with Crippen LogP contribution in [-0.2, 0) is 0 Å². The number of thioether (sulfide) groups is 1. The van der Waals surface area contributed by atoms with Crippen molar-refractivity contribution in [2.24, 2.45) is 5.73 Å². The molecule has 0 spiro atoms. The van der Waals surface area contributed by atoms with E-state index in [1.165, 1.54) is 6.33 Å². The molecule has 0 saturated heterocycles. The maximum atomic E-state index is 8.62. The van der Waals surface area contributed by atoms with Gasteiger partial charge in [-0.15, -0.1) is 11.8 Å². The minimum Gasteiger partial charge on any atom is -0.396 e. The molecule has 1 rings (SSSR count). The summed E-state index contributed by atoms with van der Waals surface area (Å²) in [7, 11) is 0. The lowest BCUT2D eigenvalue weighted by Gasteiger charge is -2.07. The first-order valence-electron chi connectivity index (χ1n) is 4.08. The summed E-state index contributed by atoms with van der Waals surface area (Å²) in [6, 6.07) is 1.88. The van der Waals surface area contributed by atoms with Gasteiger partial charge in [-0.05, 0) is 12.5 Å². The minimum absolute atomic E-state index is 0.0324. The average Bonchev–Trinajstić information content (AvgIpc) is 2.17.